The van der Waals surface area contributed by atoms with Gasteiger partial charge in [-0.05, 0) is 44.1 Å². The molecule has 12 nitrogen and oxygen atoms in total. The highest BCUT2D eigenvalue weighted by Gasteiger charge is 2.43. The molecule has 0 bridgehead atoms. The summed E-state index contributed by atoms with van der Waals surface area (Å²) >= 11 is 0. The molecule has 3 fully saturated rings. The Labute approximate surface area is 240 Å². The van der Waals surface area contributed by atoms with Crippen molar-refractivity contribution in [3.05, 3.63) is 48.3 Å². The van der Waals surface area contributed by atoms with Crippen molar-refractivity contribution in [3.8, 4) is 5.88 Å². The van der Waals surface area contributed by atoms with Gasteiger partial charge in [-0.1, -0.05) is 30.3 Å². The smallest absolute Gasteiger partial charge is 0.410 e. The second kappa shape index (κ2) is 12.6. The molecular formula is C28H37N5O7S. The molecule has 222 valence electrons. The zero-order valence-electron chi connectivity index (χ0n) is 23.3. The van der Waals surface area contributed by atoms with Crippen LogP contribution in [0, 0.1) is 5.92 Å². The lowest BCUT2D eigenvalue weighted by molar-refractivity contribution is -0.141. The molecule has 3 heterocycles. The van der Waals surface area contributed by atoms with Crippen LogP contribution in [-0.2, 0) is 30.9 Å². The predicted molar refractivity (Wildman–Crippen MR) is 150 cm³/mol. The van der Waals surface area contributed by atoms with Gasteiger partial charge in [-0.3, -0.25) is 4.79 Å². The average Bonchev–Trinajstić information content (AvgIpc) is 3.72. The van der Waals surface area contributed by atoms with E-state index in [0.29, 0.717) is 50.4 Å². The molecule has 0 spiro atoms. The number of sulfonamides is 1. The zero-order valence-corrected chi connectivity index (χ0v) is 24.1. The van der Waals surface area contributed by atoms with Crippen molar-refractivity contribution < 1.29 is 32.2 Å². The van der Waals surface area contributed by atoms with Gasteiger partial charge in [0.25, 0.3) is 0 Å². The van der Waals surface area contributed by atoms with Gasteiger partial charge in [0.1, 0.15) is 18.0 Å². The number of rotatable bonds is 10. The van der Waals surface area contributed by atoms with Crippen LogP contribution in [0.25, 0.3) is 0 Å². The van der Waals surface area contributed by atoms with E-state index in [9.17, 15) is 18.0 Å². The Balaban J connectivity index is 1.01. The topological polar surface area (TPSA) is 131 Å². The summed E-state index contributed by atoms with van der Waals surface area (Å²) in [6.07, 6.45) is 6.54. The molecule has 2 aliphatic heterocycles. The number of likely N-dealkylation sites (tertiary alicyclic amines) is 1. The minimum Gasteiger partial charge on any atom is -0.476 e. The van der Waals surface area contributed by atoms with E-state index >= 15 is 0 Å². The summed E-state index contributed by atoms with van der Waals surface area (Å²) in [5.41, 5.74) is 0.540. The Morgan fingerprint density at radius 3 is 2.32 bits per heavy atom. The number of aromatic nitrogens is 2. The number of piperazine rings is 1. The van der Waals surface area contributed by atoms with Crippen LogP contribution in [0.1, 0.15) is 38.2 Å². The number of hydrogen-bond donors (Lipinski definition) is 0. The van der Waals surface area contributed by atoms with Gasteiger partial charge in [0.05, 0.1) is 19.0 Å². The first kappa shape index (κ1) is 29.1. The van der Waals surface area contributed by atoms with E-state index in [1.165, 1.54) is 4.31 Å². The van der Waals surface area contributed by atoms with Gasteiger partial charge in [-0.2, -0.15) is 4.31 Å². The number of carbonyl (C=O) groups excluding carboxylic acids is 2. The molecule has 0 N–H and O–H groups in total. The second-order valence-electron chi connectivity index (χ2n) is 11.1. The molecule has 2 saturated heterocycles. The van der Waals surface area contributed by atoms with E-state index in [1.54, 1.807) is 17.3 Å². The quantitative estimate of drug-likeness (QED) is 0.382. The summed E-state index contributed by atoms with van der Waals surface area (Å²) in [6.45, 7) is 5.14. The summed E-state index contributed by atoms with van der Waals surface area (Å²) in [7, 11) is -3.78. The minimum atomic E-state index is -3.78. The Kier molecular flexibility index (Phi) is 8.93. The molecular weight excluding hydrogens is 550 g/mol. The highest BCUT2D eigenvalue weighted by atomic mass is 32.2. The van der Waals surface area contributed by atoms with Gasteiger partial charge in [-0.25, -0.2) is 23.2 Å². The van der Waals surface area contributed by atoms with E-state index < -0.39 is 21.7 Å². The molecule has 5 rings (SSSR count). The molecule has 2 aromatic rings. The Morgan fingerprint density at radius 1 is 0.976 bits per heavy atom. The lowest BCUT2D eigenvalue weighted by Crippen LogP contribution is -2.50. The van der Waals surface area contributed by atoms with E-state index in [-0.39, 0.29) is 31.4 Å². The number of benzene rings is 1. The van der Waals surface area contributed by atoms with E-state index in [1.807, 2.05) is 42.2 Å². The fraction of sp³-hybridized carbons (Fsp3) is 0.571. The Hall–Kier alpha value is -3.45. The summed E-state index contributed by atoms with van der Waals surface area (Å²) in [6, 6.07) is 9.12. The maximum absolute atomic E-state index is 12.7. The van der Waals surface area contributed by atoms with Crippen molar-refractivity contribution >= 4 is 27.9 Å². The van der Waals surface area contributed by atoms with Crippen molar-refractivity contribution in [2.45, 2.75) is 44.8 Å². The number of anilines is 1. The summed E-state index contributed by atoms with van der Waals surface area (Å²) in [5, 5.41) is 0. The van der Waals surface area contributed by atoms with Crippen LogP contribution in [0.3, 0.4) is 0 Å². The summed E-state index contributed by atoms with van der Waals surface area (Å²) in [4.78, 5) is 37.0. The molecule has 1 aromatic carbocycles. The van der Waals surface area contributed by atoms with Crippen LogP contribution in [0.15, 0.2) is 42.7 Å². The molecule has 0 atom stereocenters. The lowest BCUT2D eigenvalue weighted by atomic mass is 9.98. The number of piperidine rings is 1. The van der Waals surface area contributed by atoms with Gasteiger partial charge < -0.3 is 24.0 Å². The van der Waals surface area contributed by atoms with Crippen molar-refractivity contribution in [2.75, 3.05) is 56.5 Å². The van der Waals surface area contributed by atoms with Gasteiger partial charge in [0.15, 0.2) is 5.75 Å². The van der Waals surface area contributed by atoms with Crippen molar-refractivity contribution in [1.29, 1.82) is 0 Å². The molecule has 3 aliphatic rings. The third kappa shape index (κ3) is 8.07. The van der Waals surface area contributed by atoms with Crippen LogP contribution in [0.5, 0.6) is 5.88 Å². The van der Waals surface area contributed by atoms with E-state index in [4.69, 9.17) is 14.2 Å². The maximum Gasteiger partial charge on any atom is 0.410 e. The summed E-state index contributed by atoms with van der Waals surface area (Å²) < 4.78 is 43.4. The van der Waals surface area contributed by atoms with E-state index in [0.717, 1.165) is 31.2 Å². The number of esters is 1. The molecule has 0 radical (unpaired) electrons. The highest BCUT2D eigenvalue weighted by Crippen LogP contribution is 2.39. The Morgan fingerprint density at radius 2 is 1.68 bits per heavy atom. The predicted octanol–water partition coefficient (Wildman–Crippen LogP) is 2.45. The SMILES string of the molecule is CC1(OC(=O)N2CCC(COc3cnc(N4CCN(S(=O)(=O)CC(=O)OCc5ccccc5)CC4)cn3)CC2)CC1. The fourth-order valence-electron chi connectivity index (χ4n) is 4.80. The van der Waals surface area contributed by atoms with Gasteiger partial charge in [0.2, 0.25) is 15.9 Å². The normalized spacial score (nSPS) is 19.4. The van der Waals surface area contributed by atoms with Crippen molar-refractivity contribution in [3.63, 3.8) is 0 Å². The van der Waals surface area contributed by atoms with Gasteiger partial charge in [-0.15, -0.1) is 0 Å². The molecule has 1 saturated carbocycles. The maximum atomic E-state index is 12.7. The minimum absolute atomic E-state index is 0.0383. The third-order valence-electron chi connectivity index (χ3n) is 7.74. The number of hydrogen-bond acceptors (Lipinski definition) is 10. The van der Waals surface area contributed by atoms with E-state index in [2.05, 4.69) is 9.97 Å². The molecule has 41 heavy (non-hydrogen) atoms. The summed E-state index contributed by atoms with van der Waals surface area (Å²) in [5.74, 6) is -0.0781. The van der Waals surface area contributed by atoms with Crippen molar-refractivity contribution in [1.82, 2.24) is 19.2 Å². The first-order valence-electron chi connectivity index (χ1n) is 14.0. The van der Waals surface area contributed by atoms with Crippen molar-refractivity contribution in [2.24, 2.45) is 5.92 Å². The highest BCUT2D eigenvalue weighted by molar-refractivity contribution is 7.89. The van der Waals surface area contributed by atoms with Gasteiger partial charge >= 0.3 is 12.1 Å². The monoisotopic (exact) mass is 587 g/mol. The molecule has 1 aliphatic carbocycles. The second-order valence-corrected chi connectivity index (χ2v) is 13.0. The number of ether oxygens (including phenoxy) is 3. The first-order valence-corrected chi connectivity index (χ1v) is 15.7. The fourth-order valence-corrected chi connectivity index (χ4v) is 6.08. The number of nitrogens with zero attached hydrogens (tertiary/aromatic N) is 5. The van der Waals surface area contributed by atoms with Gasteiger partial charge in [0, 0.05) is 39.3 Å². The van der Waals surface area contributed by atoms with Crippen LogP contribution in [0.4, 0.5) is 10.6 Å². The number of amides is 1. The lowest BCUT2D eigenvalue weighted by Gasteiger charge is -2.34. The standard InChI is InChI=1S/C28H37N5O7S/c1-28(9-10-28)40-27(35)32-11-7-23(8-12-32)19-38-25-18-29-24(17-30-25)31-13-15-33(16-14-31)41(36,37)21-26(34)39-20-22-5-3-2-4-6-22/h2-6,17-18,23H,7-16,19-21H2,1H3. The van der Waals surface area contributed by atoms with Crippen LogP contribution in [0.2, 0.25) is 0 Å². The Bertz CT molecular complexity index is 1290. The molecule has 0 unspecified atom stereocenters. The largest absolute Gasteiger partial charge is 0.476 e. The molecule has 13 heteroatoms. The number of carbonyl (C=O) groups is 2. The zero-order chi connectivity index (χ0) is 28.9. The first-order chi connectivity index (χ1) is 19.7. The average molecular weight is 588 g/mol. The van der Waals surface area contributed by atoms with Crippen LogP contribution >= 0.6 is 0 Å². The van der Waals surface area contributed by atoms with Crippen LogP contribution in [-0.4, -0.2) is 96.9 Å². The van der Waals surface area contributed by atoms with Crippen LogP contribution < -0.4 is 9.64 Å². The third-order valence-corrected chi connectivity index (χ3v) is 9.49. The molecule has 1 amide bonds. The molecule has 1 aromatic heterocycles.